The van der Waals surface area contributed by atoms with Crippen molar-refractivity contribution in [2.24, 2.45) is 0 Å². The number of anilines is 1. The Morgan fingerprint density at radius 3 is 2.19 bits per heavy atom. The van der Waals surface area contributed by atoms with Crippen molar-refractivity contribution in [3.8, 4) is 11.1 Å². The Bertz CT molecular complexity index is 1020. The zero-order chi connectivity index (χ0) is 19.0. The molecule has 3 aromatic rings. The maximum atomic E-state index is 12.3. The Hall–Kier alpha value is -2.72. The number of piperazine rings is 1. The average Bonchev–Trinajstić information content (AvgIpc) is 2.69. The smallest absolute Gasteiger partial charge is 0.250 e. The summed E-state index contributed by atoms with van der Waals surface area (Å²) in [4.78, 5) is 29.1. The van der Waals surface area contributed by atoms with E-state index in [1.54, 1.807) is 0 Å². The lowest BCUT2D eigenvalue weighted by atomic mass is 9.94. The molecule has 4 rings (SSSR count). The van der Waals surface area contributed by atoms with E-state index in [0.717, 1.165) is 43.9 Å². The predicted octanol–water partition coefficient (Wildman–Crippen LogP) is 2.89. The summed E-state index contributed by atoms with van der Waals surface area (Å²) in [6.45, 7) is 8.33. The zero-order valence-electron chi connectivity index (χ0n) is 15.9. The summed E-state index contributed by atoms with van der Waals surface area (Å²) in [6.07, 6.45) is 0. The summed E-state index contributed by atoms with van der Waals surface area (Å²) in [5.41, 5.74) is 5.02. The van der Waals surface area contributed by atoms with Gasteiger partial charge in [-0.05, 0) is 36.1 Å². The van der Waals surface area contributed by atoms with Crippen molar-refractivity contribution >= 4 is 5.69 Å². The number of nitrogens with zero attached hydrogens (tertiary/aromatic N) is 2. The molecule has 3 aromatic carbocycles. The first-order valence-corrected chi connectivity index (χ1v) is 9.47. The van der Waals surface area contributed by atoms with Gasteiger partial charge in [-0.25, -0.2) is 0 Å². The molecule has 0 amide bonds. The zero-order valence-corrected chi connectivity index (χ0v) is 15.9. The van der Waals surface area contributed by atoms with Crippen LogP contribution in [0.4, 0.5) is 5.69 Å². The monoisotopic (exact) mass is 360 g/mol. The maximum Gasteiger partial charge on any atom is 0.250 e. The summed E-state index contributed by atoms with van der Waals surface area (Å²) in [7, 11) is 0. The summed E-state index contributed by atoms with van der Waals surface area (Å²) < 4.78 is 0. The molecule has 0 spiro atoms. The molecule has 0 aliphatic carbocycles. The van der Waals surface area contributed by atoms with Crippen LogP contribution in [0.25, 0.3) is 11.1 Å². The SMILES string of the molecule is Cc1ccc(-c2c(N3CCN(Cc4ccccc4)CC3)c(=O)c2=O)cc1C. The topological polar surface area (TPSA) is 40.6 Å². The molecule has 4 nitrogen and oxygen atoms in total. The van der Waals surface area contributed by atoms with E-state index < -0.39 is 0 Å². The first-order valence-electron chi connectivity index (χ1n) is 9.47. The molecule has 0 radical (unpaired) electrons. The molecule has 0 unspecified atom stereocenters. The van der Waals surface area contributed by atoms with E-state index >= 15 is 0 Å². The van der Waals surface area contributed by atoms with Crippen LogP contribution < -0.4 is 15.8 Å². The van der Waals surface area contributed by atoms with Crippen LogP contribution in [0.2, 0.25) is 0 Å². The van der Waals surface area contributed by atoms with Crippen LogP contribution in [-0.4, -0.2) is 31.1 Å². The Balaban J connectivity index is 1.51. The average molecular weight is 360 g/mol. The van der Waals surface area contributed by atoms with Gasteiger partial charge < -0.3 is 4.90 Å². The summed E-state index contributed by atoms with van der Waals surface area (Å²) in [5.74, 6) is 0. The minimum Gasteiger partial charge on any atom is -0.365 e. The van der Waals surface area contributed by atoms with E-state index in [9.17, 15) is 9.59 Å². The van der Waals surface area contributed by atoms with Gasteiger partial charge in [-0.15, -0.1) is 0 Å². The van der Waals surface area contributed by atoms with Crippen LogP contribution in [0.5, 0.6) is 0 Å². The van der Waals surface area contributed by atoms with Crippen molar-refractivity contribution in [2.45, 2.75) is 20.4 Å². The van der Waals surface area contributed by atoms with E-state index in [2.05, 4.69) is 34.1 Å². The molecule has 1 aliphatic heterocycles. The number of hydrogen-bond donors (Lipinski definition) is 0. The minimum absolute atomic E-state index is 0.334. The lowest BCUT2D eigenvalue weighted by Gasteiger charge is -2.37. The van der Waals surface area contributed by atoms with Crippen LogP contribution >= 0.6 is 0 Å². The van der Waals surface area contributed by atoms with Crippen LogP contribution in [0.15, 0.2) is 58.1 Å². The Morgan fingerprint density at radius 1 is 0.815 bits per heavy atom. The number of aryl methyl sites for hydroxylation is 2. The van der Waals surface area contributed by atoms with Crippen molar-refractivity contribution in [1.82, 2.24) is 4.90 Å². The first-order chi connectivity index (χ1) is 13.0. The summed E-state index contributed by atoms with van der Waals surface area (Å²) in [6, 6.07) is 16.4. The van der Waals surface area contributed by atoms with Crippen molar-refractivity contribution in [3.05, 3.63) is 85.7 Å². The van der Waals surface area contributed by atoms with Gasteiger partial charge in [0.25, 0.3) is 0 Å². The highest BCUT2D eigenvalue weighted by atomic mass is 16.2. The third-order valence-electron chi connectivity index (χ3n) is 5.62. The summed E-state index contributed by atoms with van der Waals surface area (Å²) >= 11 is 0. The largest absolute Gasteiger partial charge is 0.365 e. The van der Waals surface area contributed by atoms with E-state index in [1.165, 1.54) is 11.1 Å². The van der Waals surface area contributed by atoms with E-state index in [1.807, 2.05) is 38.1 Å². The normalized spacial score (nSPS) is 15.4. The number of benzene rings is 2. The molecule has 138 valence electrons. The Kier molecular flexibility index (Phi) is 4.66. The molecule has 27 heavy (non-hydrogen) atoms. The van der Waals surface area contributed by atoms with Gasteiger partial charge in [0.1, 0.15) is 5.69 Å². The fourth-order valence-corrected chi connectivity index (χ4v) is 3.82. The Labute approximate surface area is 159 Å². The highest BCUT2D eigenvalue weighted by molar-refractivity contribution is 5.83. The third kappa shape index (κ3) is 3.33. The molecular weight excluding hydrogens is 336 g/mol. The second-order valence-corrected chi connectivity index (χ2v) is 7.43. The van der Waals surface area contributed by atoms with Crippen LogP contribution in [0, 0.1) is 13.8 Å². The van der Waals surface area contributed by atoms with Gasteiger partial charge in [0.15, 0.2) is 0 Å². The molecule has 1 aliphatic rings. The predicted molar refractivity (Wildman–Crippen MR) is 110 cm³/mol. The number of rotatable bonds is 4. The van der Waals surface area contributed by atoms with Gasteiger partial charge in [-0.1, -0.05) is 48.5 Å². The van der Waals surface area contributed by atoms with Gasteiger partial charge >= 0.3 is 0 Å². The molecule has 0 N–H and O–H groups in total. The maximum absolute atomic E-state index is 12.3. The molecular formula is C23H24N2O2. The quantitative estimate of drug-likeness (QED) is 0.671. The first kappa shape index (κ1) is 17.7. The van der Waals surface area contributed by atoms with E-state index in [4.69, 9.17) is 0 Å². The Morgan fingerprint density at radius 2 is 1.52 bits per heavy atom. The fraction of sp³-hybridized carbons (Fsp3) is 0.304. The molecule has 1 fully saturated rings. The van der Waals surface area contributed by atoms with Gasteiger partial charge in [0, 0.05) is 32.7 Å². The van der Waals surface area contributed by atoms with Crippen LogP contribution in [-0.2, 0) is 6.54 Å². The summed E-state index contributed by atoms with van der Waals surface area (Å²) in [5, 5.41) is 0. The molecule has 4 heteroatoms. The van der Waals surface area contributed by atoms with Gasteiger partial charge in [-0.2, -0.15) is 0 Å². The molecule has 0 atom stereocenters. The van der Waals surface area contributed by atoms with Crippen LogP contribution in [0.1, 0.15) is 16.7 Å². The minimum atomic E-state index is -0.347. The van der Waals surface area contributed by atoms with E-state index in [-0.39, 0.29) is 10.9 Å². The van der Waals surface area contributed by atoms with Gasteiger partial charge in [-0.3, -0.25) is 14.5 Å². The van der Waals surface area contributed by atoms with Crippen LogP contribution in [0.3, 0.4) is 0 Å². The van der Waals surface area contributed by atoms with Crippen molar-refractivity contribution in [3.63, 3.8) is 0 Å². The molecule has 0 saturated carbocycles. The number of hydrogen-bond acceptors (Lipinski definition) is 4. The fourth-order valence-electron chi connectivity index (χ4n) is 3.82. The van der Waals surface area contributed by atoms with E-state index in [0.29, 0.717) is 11.3 Å². The van der Waals surface area contributed by atoms with Crippen molar-refractivity contribution in [2.75, 3.05) is 31.1 Å². The highest BCUT2D eigenvalue weighted by Gasteiger charge is 2.29. The third-order valence-corrected chi connectivity index (χ3v) is 5.62. The second-order valence-electron chi connectivity index (χ2n) is 7.43. The molecule has 0 bridgehead atoms. The van der Waals surface area contributed by atoms with Gasteiger partial charge in [0.2, 0.25) is 10.9 Å². The van der Waals surface area contributed by atoms with Crippen molar-refractivity contribution < 1.29 is 0 Å². The van der Waals surface area contributed by atoms with Gasteiger partial charge in [0.05, 0.1) is 5.56 Å². The lowest BCUT2D eigenvalue weighted by molar-refractivity contribution is 0.249. The highest BCUT2D eigenvalue weighted by Crippen LogP contribution is 2.29. The molecule has 0 aromatic heterocycles. The standard InChI is InChI=1S/C23H24N2O2/c1-16-8-9-19(14-17(16)2)20-21(23(27)22(20)26)25-12-10-24(11-13-25)15-18-6-4-3-5-7-18/h3-9,14H,10-13,15H2,1-2H3. The molecule has 1 heterocycles. The lowest BCUT2D eigenvalue weighted by Crippen LogP contribution is -2.51. The molecule has 1 saturated heterocycles. The van der Waals surface area contributed by atoms with Crippen molar-refractivity contribution in [1.29, 1.82) is 0 Å². The second kappa shape index (κ2) is 7.12.